The number of hydrogen-bond acceptors (Lipinski definition) is 2. The standard InChI is InChI=1S/C12H14N2O3/c15-11(16)9-14-8-4-5-10(14)12(17)13-6-2-1-3-7-13/h1-2,4-5,8H,3,6-7,9H2,(H,15,16). The predicted molar refractivity (Wildman–Crippen MR) is 61.7 cm³/mol. The Morgan fingerprint density at radius 3 is 2.82 bits per heavy atom. The van der Waals surface area contributed by atoms with Gasteiger partial charge in [-0.05, 0) is 18.6 Å². The molecule has 0 radical (unpaired) electrons. The van der Waals surface area contributed by atoms with Crippen molar-refractivity contribution in [3.8, 4) is 0 Å². The summed E-state index contributed by atoms with van der Waals surface area (Å²) < 4.78 is 1.46. The molecule has 0 atom stereocenters. The highest BCUT2D eigenvalue weighted by molar-refractivity contribution is 5.93. The van der Waals surface area contributed by atoms with E-state index in [0.29, 0.717) is 18.8 Å². The number of nitrogens with zero attached hydrogens (tertiary/aromatic N) is 2. The van der Waals surface area contributed by atoms with Gasteiger partial charge in [0, 0.05) is 19.3 Å². The fraction of sp³-hybridized carbons (Fsp3) is 0.333. The van der Waals surface area contributed by atoms with Crippen LogP contribution in [0.3, 0.4) is 0 Å². The third kappa shape index (κ3) is 2.55. The van der Waals surface area contributed by atoms with E-state index in [0.717, 1.165) is 6.42 Å². The van der Waals surface area contributed by atoms with Gasteiger partial charge in [-0.3, -0.25) is 9.59 Å². The Morgan fingerprint density at radius 2 is 2.18 bits per heavy atom. The Morgan fingerprint density at radius 1 is 1.35 bits per heavy atom. The number of aliphatic carboxylic acids is 1. The molecule has 1 N–H and O–H groups in total. The molecule has 1 aliphatic heterocycles. The maximum absolute atomic E-state index is 12.1. The van der Waals surface area contributed by atoms with Gasteiger partial charge in [-0.2, -0.15) is 0 Å². The van der Waals surface area contributed by atoms with Gasteiger partial charge in [0.15, 0.2) is 0 Å². The van der Waals surface area contributed by atoms with E-state index >= 15 is 0 Å². The van der Waals surface area contributed by atoms with Crippen molar-refractivity contribution in [2.45, 2.75) is 13.0 Å². The molecule has 0 spiro atoms. The molecule has 1 aromatic heterocycles. The largest absolute Gasteiger partial charge is 0.480 e. The summed E-state index contributed by atoms with van der Waals surface area (Å²) in [6.07, 6.45) is 6.46. The number of aromatic nitrogens is 1. The minimum Gasteiger partial charge on any atom is -0.480 e. The van der Waals surface area contributed by atoms with Gasteiger partial charge in [0.1, 0.15) is 12.2 Å². The molecule has 0 unspecified atom stereocenters. The zero-order valence-electron chi connectivity index (χ0n) is 9.37. The molecule has 0 aromatic carbocycles. The zero-order valence-corrected chi connectivity index (χ0v) is 9.37. The highest BCUT2D eigenvalue weighted by atomic mass is 16.4. The Kier molecular flexibility index (Phi) is 3.27. The molecule has 1 aliphatic rings. The fourth-order valence-corrected chi connectivity index (χ4v) is 1.88. The van der Waals surface area contributed by atoms with Crippen LogP contribution in [-0.4, -0.2) is 39.5 Å². The highest BCUT2D eigenvalue weighted by Gasteiger charge is 2.19. The predicted octanol–water partition coefficient (Wildman–Crippen LogP) is 0.975. The normalized spacial score (nSPS) is 14.9. The Labute approximate surface area is 99.0 Å². The molecule has 5 heteroatoms. The first-order chi connectivity index (χ1) is 8.18. The first-order valence-electron chi connectivity index (χ1n) is 5.49. The fourth-order valence-electron chi connectivity index (χ4n) is 1.88. The van der Waals surface area contributed by atoms with E-state index in [1.807, 2.05) is 12.2 Å². The van der Waals surface area contributed by atoms with Crippen LogP contribution >= 0.6 is 0 Å². The molecule has 90 valence electrons. The van der Waals surface area contributed by atoms with Crippen molar-refractivity contribution < 1.29 is 14.7 Å². The van der Waals surface area contributed by atoms with E-state index in [9.17, 15) is 9.59 Å². The molecular weight excluding hydrogens is 220 g/mol. The van der Waals surface area contributed by atoms with Crippen LogP contribution in [-0.2, 0) is 11.3 Å². The van der Waals surface area contributed by atoms with Crippen molar-refractivity contribution in [2.75, 3.05) is 13.1 Å². The van der Waals surface area contributed by atoms with Gasteiger partial charge < -0.3 is 14.6 Å². The van der Waals surface area contributed by atoms with E-state index in [1.54, 1.807) is 23.2 Å². The number of carboxylic acid groups (broad SMARTS) is 1. The Bertz CT molecular complexity index is 462. The van der Waals surface area contributed by atoms with Crippen molar-refractivity contribution in [3.05, 3.63) is 36.2 Å². The second-order valence-corrected chi connectivity index (χ2v) is 3.93. The Balaban J connectivity index is 2.16. The van der Waals surface area contributed by atoms with E-state index in [1.165, 1.54) is 4.57 Å². The highest BCUT2D eigenvalue weighted by Crippen LogP contribution is 2.10. The van der Waals surface area contributed by atoms with Crippen LogP contribution in [0.25, 0.3) is 0 Å². The van der Waals surface area contributed by atoms with Crippen LogP contribution in [0.5, 0.6) is 0 Å². The van der Waals surface area contributed by atoms with Crippen molar-refractivity contribution in [3.63, 3.8) is 0 Å². The first kappa shape index (κ1) is 11.4. The third-order valence-corrected chi connectivity index (χ3v) is 2.70. The Hall–Kier alpha value is -2.04. The lowest BCUT2D eigenvalue weighted by Gasteiger charge is -2.23. The van der Waals surface area contributed by atoms with Gasteiger partial charge in [-0.25, -0.2) is 0 Å². The van der Waals surface area contributed by atoms with Gasteiger partial charge >= 0.3 is 5.97 Å². The first-order valence-corrected chi connectivity index (χ1v) is 5.49. The molecule has 0 saturated carbocycles. The molecule has 1 aromatic rings. The molecular formula is C12H14N2O3. The maximum atomic E-state index is 12.1. The number of hydrogen-bond donors (Lipinski definition) is 1. The average molecular weight is 234 g/mol. The molecule has 0 saturated heterocycles. The van der Waals surface area contributed by atoms with Crippen molar-refractivity contribution in [1.82, 2.24) is 9.47 Å². The van der Waals surface area contributed by atoms with Crippen molar-refractivity contribution in [1.29, 1.82) is 0 Å². The van der Waals surface area contributed by atoms with Gasteiger partial charge in [0.2, 0.25) is 0 Å². The van der Waals surface area contributed by atoms with Crippen LogP contribution in [0.15, 0.2) is 30.5 Å². The van der Waals surface area contributed by atoms with Crippen LogP contribution in [0.2, 0.25) is 0 Å². The average Bonchev–Trinajstić information content (AvgIpc) is 2.76. The SMILES string of the molecule is O=C(O)Cn1cccc1C(=O)N1CC=CCC1. The number of rotatable bonds is 3. The van der Waals surface area contributed by atoms with Gasteiger partial charge in [-0.15, -0.1) is 0 Å². The molecule has 2 heterocycles. The summed E-state index contributed by atoms with van der Waals surface area (Å²) in [5, 5.41) is 8.74. The van der Waals surface area contributed by atoms with E-state index in [4.69, 9.17) is 5.11 Å². The van der Waals surface area contributed by atoms with Crippen LogP contribution < -0.4 is 0 Å². The number of amides is 1. The molecule has 1 amide bonds. The van der Waals surface area contributed by atoms with E-state index < -0.39 is 5.97 Å². The molecule has 5 nitrogen and oxygen atoms in total. The second kappa shape index (κ2) is 4.86. The van der Waals surface area contributed by atoms with Crippen LogP contribution in [0.4, 0.5) is 0 Å². The van der Waals surface area contributed by atoms with Crippen LogP contribution in [0, 0.1) is 0 Å². The minimum atomic E-state index is -0.950. The quantitative estimate of drug-likeness (QED) is 0.793. The summed E-state index contributed by atoms with van der Waals surface area (Å²) in [6.45, 7) is 1.10. The van der Waals surface area contributed by atoms with Crippen LogP contribution in [0.1, 0.15) is 16.9 Å². The summed E-state index contributed by atoms with van der Waals surface area (Å²) >= 11 is 0. The summed E-state index contributed by atoms with van der Waals surface area (Å²) in [6, 6.07) is 3.35. The van der Waals surface area contributed by atoms with Crippen molar-refractivity contribution in [2.24, 2.45) is 0 Å². The number of carbonyl (C=O) groups excluding carboxylic acids is 1. The minimum absolute atomic E-state index is 0.111. The maximum Gasteiger partial charge on any atom is 0.323 e. The summed E-state index contributed by atoms with van der Waals surface area (Å²) in [7, 11) is 0. The summed E-state index contributed by atoms with van der Waals surface area (Å²) in [4.78, 5) is 24.5. The van der Waals surface area contributed by atoms with Gasteiger partial charge in [0.05, 0.1) is 0 Å². The molecule has 0 bridgehead atoms. The topological polar surface area (TPSA) is 62.5 Å². The van der Waals surface area contributed by atoms with Gasteiger partial charge in [-0.1, -0.05) is 12.2 Å². The third-order valence-electron chi connectivity index (χ3n) is 2.70. The molecule has 17 heavy (non-hydrogen) atoms. The van der Waals surface area contributed by atoms with Crippen molar-refractivity contribution >= 4 is 11.9 Å². The lowest BCUT2D eigenvalue weighted by molar-refractivity contribution is -0.137. The van der Waals surface area contributed by atoms with E-state index in [-0.39, 0.29) is 12.5 Å². The zero-order chi connectivity index (χ0) is 12.3. The lowest BCUT2D eigenvalue weighted by atomic mass is 10.2. The lowest BCUT2D eigenvalue weighted by Crippen LogP contribution is -2.35. The summed E-state index contributed by atoms with van der Waals surface area (Å²) in [5.74, 6) is -1.06. The van der Waals surface area contributed by atoms with Gasteiger partial charge in [0.25, 0.3) is 5.91 Å². The van der Waals surface area contributed by atoms with E-state index in [2.05, 4.69) is 0 Å². The number of carboxylic acids is 1. The summed E-state index contributed by atoms with van der Waals surface area (Å²) in [5.41, 5.74) is 0.433. The molecule has 0 fully saturated rings. The molecule has 0 aliphatic carbocycles. The smallest absolute Gasteiger partial charge is 0.323 e. The number of carbonyl (C=O) groups is 2. The monoisotopic (exact) mass is 234 g/mol. The second-order valence-electron chi connectivity index (χ2n) is 3.93. The molecule has 2 rings (SSSR count).